The minimum absolute atomic E-state index is 0.230. The Labute approximate surface area is 116 Å². The molecule has 19 heavy (non-hydrogen) atoms. The molecule has 1 fully saturated rings. The molecule has 1 aromatic carbocycles. The molecule has 106 valence electrons. The lowest BCUT2D eigenvalue weighted by Crippen LogP contribution is -2.43. The van der Waals surface area contributed by atoms with Crippen molar-refractivity contribution >= 4 is 5.69 Å². The Hall–Kier alpha value is -1.06. The first-order chi connectivity index (χ1) is 9.17. The lowest BCUT2D eigenvalue weighted by molar-refractivity contribution is 0.159. The molecule has 3 nitrogen and oxygen atoms in total. The van der Waals surface area contributed by atoms with Crippen LogP contribution >= 0.6 is 0 Å². The minimum atomic E-state index is 0.230. The van der Waals surface area contributed by atoms with Gasteiger partial charge in [-0.3, -0.25) is 4.90 Å². The van der Waals surface area contributed by atoms with E-state index in [0.29, 0.717) is 6.04 Å². The maximum Gasteiger partial charge on any atom is 0.0604 e. The third-order valence-corrected chi connectivity index (χ3v) is 4.36. The molecule has 1 aliphatic rings. The molecule has 0 bridgehead atoms. The van der Waals surface area contributed by atoms with Gasteiger partial charge < -0.3 is 10.0 Å². The summed E-state index contributed by atoms with van der Waals surface area (Å²) < 4.78 is 0. The number of nitrogens with zero attached hydrogens (tertiary/aromatic N) is 2. The fourth-order valence-electron chi connectivity index (χ4n) is 2.90. The largest absolute Gasteiger partial charge is 0.395 e. The molecular weight excluding hydrogens is 236 g/mol. The van der Waals surface area contributed by atoms with Crippen LogP contribution in [0.25, 0.3) is 0 Å². The molecule has 1 aliphatic heterocycles. The van der Waals surface area contributed by atoms with Gasteiger partial charge in [0, 0.05) is 30.9 Å². The Kier molecular flexibility index (Phi) is 4.83. The molecule has 2 rings (SSSR count). The first kappa shape index (κ1) is 14.4. The number of likely N-dealkylation sites (N-methyl/N-ethyl adjacent to an activating group) is 1. The minimum Gasteiger partial charge on any atom is -0.395 e. The van der Waals surface area contributed by atoms with Crippen LogP contribution in [0.3, 0.4) is 0 Å². The van der Waals surface area contributed by atoms with Crippen molar-refractivity contribution in [2.45, 2.75) is 38.8 Å². The van der Waals surface area contributed by atoms with E-state index in [9.17, 15) is 5.11 Å². The summed E-state index contributed by atoms with van der Waals surface area (Å²) >= 11 is 0. The second kappa shape index (κ2) is 6.40. The van der Waals surface area contributed by atoms with Crippen molar-refractivity contribution in [3.8, 4) is 0 Å². The molecule has 1 aromatic rings. The number of aliphatic hydroxyl groups excluding tert-OH is 1. The number of aliphatic hydroxyl groups is 1. The van der Waals surface area contributed by atoms with Gasteiger partial charge >= 0.3 is 0 Å². The van der Waals surface area contributed by atoms with Crippen LogP contribution in [0.5, 0.6) is 0 Å². The number of anilines is 1. The summed E-state index contributed by atoms with van der Waals surface area (Å²) in [6.07, 6.45) is 2.20. The van der Waals surface area contributed by atoms with Crippen molar-refractivity contribution in [3.05, 3.63) is 29.8 Å². The Balaban J connectivity index is 2.29. The first-order valence-electron chi connectivity index (χ1n) is 7.33. The summed E-state index contributed by atoms with van der Waals surface area (Å²) in [5.41, 5.74) is 2.74. The van der Waals surface area contributed by atoms with Crippen molar-refractivity contribution in [1.29, 1.82) is 0 Å². The number of para-hydroxylation sites is 1. The van der Waals surface area contributed by atoms with Gasteiger partial charge in [-0.1, -0.05) is 25.1 Å². The van der Waals surface area contributed by atoms with Crippen LogP contribution in [0.2, 0.25) is 0 Å². The van der Waals surface area contributed by atoms with E-state index in [1.165, 1.54) is 11.3 Å². The van der Waals surface area contributed by atoms with Gasteiger partial charge in [-0.25, -0.2) is 0 Å². The van der Waals surface area contributed by atoms with E-state index in [4.69, 9.17) is 0 Å². The summed E-state index contributed by atoms with van der Waals surface area (Å²) in [4.78, 5) is 4.76. The van der Waals surface area contributed by atoms with E-state index in [-0.39, 0.29) is 12.6 Å². The number of rotatable bonds is 3. The van der Waals surface area contributed by atoms with Crippen LogP contribution in [-0.2, 0) is 6.42 Å². The van der Waals surface area contributed by atoms with Crippen molar-refractivity contribution in [2.24, 2.45) is 0 Å². The highest BCUT2D eigenvalue weighted by Gasteiger charge is 2.27. The average Bonchev–Trinajstić information content (AvgIpc) is 2.59. The topological polar surface area (TPSA) is 26.7 Å². The molecular formula is C16H26N2O. The van der Waals surface area contributed by atoms with Gasteiger partial charge in [0.1, 0.15) is 0 Å². The fourth-order valence-corrected chi connectivity index (χ4v) is 2.90. The van der Waals surface area contributed by atoms with Crippen molar-refractivity contribution in [3.63, 3.8) is 0 Å². The van der Waals surface area contributed by atoms with Crippen molar-refractivity contribution in [1.82, 2.24) is 4.90 Å². The molecule has 0 aliphatic carbocycles. The van der Waals surface area contributed by atoms with Crippen LogP contribution in [0.4, 0.5) is 5.69 Å². The predicted molar refractivity (Wildman–Crippen MR) is 80.7 cm³/mol. The maximum absolute atomic E-state index is 9.60. The number of hydrogen-bond donors (Lipinski definition) is 1. The number of aryl methyl sites for hydroxylation is 1. The zero-order valence-electron chi connectivity index (χ0n) is 12.3. The maximum atomic E-state index is 9.60. The molecule has 0 spiro atoms. The van der Waals surface area contributed by atoms with Gasteiger partial charge in [-0.2, -0.15) is 0 Å². The SMILES string of the molecule is CCc1ccccc1N1CC(CO)N(C)CCC1C. The van der Waals surface area contributed by atoms with E-state index < -0.39 is 0 Å². The highest BCUT2D eigenvalue weighted by Crippen LogP contribution is 2.26. The smallest absolute Gasteiger partial charge is 0.0604 e. The lowest BCUT2D eigenvalue weighted by Gasteiger charge is -2.33. The van der Waals surface area contributed by atoms with Crippen LogP contribution < -0.4 is 4.90 Å². The number of hydrogen-bond acceptors (Lipinski definition) is 3. The molecule has 2 atom stereocenters. The van der Waals surface area contributed by atoms with Crippen LogP contribution in [-0.4, -0.2) is 48.8 Å². The molecule has 1 saturated heterocycles. The monoisotopic (exact) mass is 262 g/mol. The molecule has 1 heterocycles. The van der Waals surface area contributed by atoms with Crippen molar-refractivity contribution in [2.75, 3.05) is 31.6 Å². The van der Waals surface area contributed by atoms with E-state index >= 15 is 0 Å². The predicted octanol–water partition coefficient (Wildman–Crippen LogP) is 2.14. The Morgan fingerprint density at radius 1 is 1.32 bits per heavy atom. The zero-order chi connectivity index (χ0) is 13.8. The fraction of sp³-hybridized carbons (Fsp3) is 0.625. The van der Waals surface area contributed by atoms with Crippen LogP contribution in [0.15, 0.2) is 24.3 Å². The summed E-state index contributed by atoms with van der Waals surface area (Å²) in [5.74, 6) is 0. The van der Waals surface area contributed by atoms with E-state index in [0.717, 1.165) is 25.9 Å². The summed E-state index contributed by atoms with van der Waals surface area (Å²) in [5, 5.41) is 9.60. The summed E-state index contributed by atoms with van der Waals surface area (Å²) in [6.45, 7) is 6.69. The Bertz CT molecular complexity index is 407. The van der Waals surface area contributed by atoms with Gasteiger partial charge in [0.15, 0.2) is 0 Å². The van der Waals surface area contributed by atoms with E-state index in [2.05, 4.69) is 55.0 Å². The normalized spacial score (nSPS) is 25.4. The molecule has 2 unspecified atom stereocenters. The van der Waals surface area contributed by atoms with Gasteiger partial charge in [-0.15, -0.1) is 0 Å². The highest BCUT2D eigenvalue weighted by molar-refractivity contribution is 5.54. The summed E-state index contributed by atoms with van der Waals surface area (Å²) in [7, 11) is 2.11. The van der Waals surface area contributed by atoms with E-state index in [1.807, 2.05) is 0 Å². The standard InChI is InChI=1S/C16H26N2O/c1-4-14-7-5-6-8-16(14)18-11-15(12-19)17(3)10-9-13(18)2/h5-8,13,15,19H,4,9-12H2,1-3H3. The molecule has 0 aromatic heterocycles. The second-order valence-electron chi connectivity index (χ2n) is 5.59. The molecule has 0 saturated carbocycles. The van der Waals surface area contributed by atoms with Crippen LogP contribution in [0, 0.1) is 0 Å². The Morgan fingerprint density at radius 2 is 2.05 bits per heavy atom. The zero-order valence-corrected chi connectivity index (χ0v) is 12.3. The summed E-state index contributed by atoms with van der Waals surface area (Å²) in [6, 6.07) is 9.41. The van der Waals surface area contributed by atoms with E-state index in [1.54, 1.807) is 0 Å². The average molecular weight is 262 g/mol. The van der Waals surface area contributed by atoms with Gasteiger partial charge in [-0.05, 0) is 38.4 Å². The highest BCUT2D eigenvalue weighted by atomic mass is 16.3. The third kappa shape index (κ3) is 3.10. The quantitative estimate of drug-likeness (QED) is 0.904. The van der Waals surface area contributed by atoms with Gasteiger partial charge in [0.05, 0.1) is 6.61 Å². The first-order valence-corrected chi connectivity index (χ1v) is 7.33. The molecule has 0 amide bonds. The van der Waals surface area contributed by atoms with Gasteiger partial charge in [0.2, 0.25) is 0 Å². The molecule has 1 N–H and O–H groups in total. The number of benzene rings is 1. The molecule has 3 heteroatoms. The second-order valence-corrected chi connectivity index (χ2v) is 5.59. The third-order valence-electron chi connectivity index (χ3n) is 4.36. The lowest BCUT2D eigenvalue weighted by atomic mass is 10.1. The van der Waals surface area contributed by atoms with Crippen LogP contribution in [0.1, 0.15) is 25.8 Å². The Morgan fingerprint density at radius 3 is 2.74 bits per heavy atom. The van der Waals surface area contributed by atoms with Crippen molar-refractivity contribution < 1.29 is 5.11 Å². The van der Waals surface area contributed by atoms with Gasteiger partial charge in [0.25, 0.3) is 0 Å². The molecule has 0 radical (unpaired) electrons.